The summed E-state index contributed by atoms with van der Waals surface area (Å²) in [5.74, 6) is 0.591. The molecule has 0 spiro atoms. The Bertz CT molecular complexity index is 597. The first-order valence-electron chi connectivity index (χ1n) is 7.19. The van der Waals surface area contributed by atoms with Gasteiger partial charge >= 0.3 is 5.00 Å². The molecular formula is C13H20N2O4S2. The van der Waals surface area contributed by atoms with Crippen molar-refractivity contribution in [2.75, 3.05) is 13.1 Å². The Hall–Kier alpha value is -0.990. The lowest BCUT2D eigenvalue weighted by atomic mass is 9.96. The average Bonchev–Trinajstić information content (AvgIpc) is 2.82. The van der Waals surface area contributed by atoms with E-state index in [-0.39, 0.29) is 9.21 Å². The molecule has 1 unspecified atom stereocenters. The summed E-state index contributed by atoms with van der Waals surface area (Å²) in [7, 11) is -3.59. The molecule has 1 saturated heterocycles. The minimum atomic E-state index is -3.59. The molecule has 21 heavy (non-hydrogen) atoms. The van der Waals surface area contributed by atoms with E-state index >= 15 is 0 Å². The minimum Gasteiger partial charge on any atom is -0.258 e. The van der Waals surface area contributed by atoms with Gasteiger partial charge in [0.25, 0.3) is 10.0 Å². The fraction of sp³-hybridized carbons (Fsp3) is 0.692. The van der Waals surface area contributed by atoms with E-state index < -0.39 is 14.9 Å². The molecule has 0 aromatic carbocycles. The molecule has 0 amide bonds. The monoisotopic (exact) mass is 332 g/mol. The number of sulfonamides is 1. The Morgan fingerprint density at radius 1 is 1.38 bits per heavy atom. The van der Waals surface area contributed by atoms with E-state index in [1.165, 1.54) is 16.4 Å². The first kappa shape index (κ1) is 16.4. The minimum absolute atomic E-state index is 0.0724. The summed E-state index contributed by atoms with van der Waals surface area (Å²) in [6.07, 6.45) is 5.05. The van der Waals surface area contributed by atoms with Gasteiger partial charge in [0.1, 0.15) is 4.21 Å². The lowest BCUT2D eigenvalue weighted by Gasteiger charge is -2.19. The van der Waals surface area contributed by atoms with E-state index in [2.05, 4.69) is 6.92 Å². The van der Waals surface area contributed by atoms with E-state index in [0.717, 1.165) is 43.4 Å². The summed E-state index contributed by atoms with van der Waals surface area (Å²) in [6, 6.07) is 2.60. The molecule has 1 aromatic rings. The number of thiophene rings is 1. The van der Waals surface area contributed by atoms with Crippen LogP contribution in [0.25, 0.3) is 0 Å². The lowest BCUT2D eigenvalue weighted by Crippen LogP contribution is -2.31. The van der Waals surface area contributed by atoms with Crippen molar-refractivity contribution in [2.24, 2.45) is 5.92 Å². The van der Waals surface area contributed by atoms with Crippen molar-refractivity contribution in [3.8, 4) is 0 Å². The Labute approximate surface area is 129 Å². The standard InChI is InChI=1S/C13H20N2O4S2/c1-2-4-11-5-3-9-14(10-8-11)21(18,19)13-7-6-12(20-13)15(16)17/h6-7,11H,2-5,8-10H2,1H3. The van der Waals surface area contributed by atoms with Gasteiger partial charge in [-0.15, -0.1) is 0 Å². The molecule has 0 bridgehead atoms. The van der Waals surface area contributed by atoms with Crippen LogP contribution in [0.4, 0.5) is 5.00 Å². The number of rotatable bonds is 5. The second-order valence-electron chi connectivity index (χ2n) is 5.34. The third-order valence-corrected chi connectivity index (χ3v) is 7.25. The Morgan fingerprint density at radius 2 is 2.14 bits per heavy atom. The normalized spacial score (nSPS) is 21.1. The Kier molecular flexibility index (Phi) is 5.34. The second-order valence-corrected chi connectivity index (χ2v) is 8.57. The zero-order valence-corrected chi connectivity index (χ0v) is 13.7. The second kappa shape index (κ2) is 6.85. The van der Waals surface area contributed by atoms with E-state index in [1.807, 2.05) is 0 Å². The van der Waals surface area contributed by atoms with Crippen molar-refractivity contribution in [3.05, 3.63) is 22.2 Å². The van der Waals surface area contributed by atoms with Gasteiger partial charge in [-0.2, -0.15) is 4.31 Å². The lowest BCUT2D eigenvalue weighted by molar-refractivity contribution is -0.380. The summed E-state index contributed by atoms with van der Waals surface area (Å²) >= 11 is 0.731. The maximum absolute atomic E-state index is 12.6. The van der Waals surface area contributed by atoms with Crippen LogP contribution in [-0.4, -0.2) is 30.7 Å². The van der Waals surface area contributed by atoms with Crippen LogP contribution in [0, 0.1) is 16.0 Å². The molecule has 1 fully saturated rings. The highest BCUT2D eigenvalue weighted by Crippen LogP contribution is 2.32. The molecule has 1 atom stereocenters. The SMILES string of the molecule is CCCC1CCCN(S(=O)(=O)c2ccc([N+](=O)[O-])s2)CC1. The van der Waals surface area contributed by atoms with Crippen LogP contribution >= 0.6 is 11.3 Å². The summed E-state index contributed by atoms with van der Waals surface area (Å²) in [6.45, 7) is 3.16. The largest absolute Gasteiger partial charge is 0.325 e. The van der Waals surface area contributed by atoms with Crippen molar-refractivity contribution < 1.29 is 13.3 Å². The third kappa shape index (κ3) is 3.81. The summed E-state index contributed by atoms with van der Waals surface area (Å²) in [4.78, 5) is 10.1. The Balaban J connectivity index is 2.13. The van der Waals surface area contributed by atoms with E-state index in [4.69, 9.17) is 0 Å². The van der Waals surface area contributed by atoms with E-state index in [1.54, 1.807) is 0 Å². The predicted octanol–water partition coefficient (Wildman–Crippen LogP) is 3.25. The maximum Gasteiger partial charge on any atom is 0.325 e. The van der Waals surface area contributed by atoms with Gasteiger partial charge in [0.15, 0.2) is 0 Å². The van der Waals surface area contributed by atoms with Crippen molar-refractivity contribution >= 4 is 26.4 Å². The van der Waals surface area contributed by atoms with Gasteiger partial charge in [0.2, 0.25) is 0 Å². The van der Waals surface area contributed by atoms with Crippen LogP contribution in [0.5, 0.6) is 0 Å². The molecule has 0 N–H and O–H groups in total. The van der Waals surface area contributed by atoms with E-state index in [9.17, 15) is 18.5 Å². The maximum atomic E-state index is 12.6. The average molecular weight is 332 g/mol. The highest BCUT2D eigenvalue weighted by molar-refractivity contribution is 7.91. The molecule has 118 valence electrons. The van der Waals surface area contributed by atoms with E-state index in [0.29, 0.717) is 19.0 Å². The molecule has 8 heteroatoms. The highest BCUT2D eigenvalue weighted by Gasteiger charge is 2.30. The summed E-state index contributed by atoms with van der Waals surface area (Å²) < 4.78 is 26.7. The number of nitrogens with zero attached hydrogens (tertiary/aromatic N) is 2. The molecule has 2 rings (SSSR count). The number of hydrogen-bond acceptors (Lipinski definition) is 5. The van der Waals surface area contributed by atoms with Crippen molar-refractivity contribution in [1.82, 2.24) is 4.31 Å². The topological polar surface area (TPSA) is 80.5 Å². The molecule has 2 heterocycles. The molecule has 0 aliphatic carbocycles. The summed E-state index contributed by atoms with van der Waals surface area (Å²) in [5, 5.41) is 10.6. The third-order valence-electron chi connectivity index (χ3n) is 3.84. The van der Waals surface area contributed by atoms with Gasteiger partial charge in [0.05, 0.1) is 4.92 Å². The zero-order valence-electron chi connectivity index (χ0n) is 12.0. The van der Waals surface area contributed by atoms with Crippen LogP contribution < -0.4 is 0 Å². The fourth-order valence-corrected chi connectivity index (χ4v) is 5.51. The van der Waals surface area contributed by atoms with Crippen LogP contribution in [-0.2, 0) is 10.0 Å². The van der Waals surface area contributed by atoms with Crippen molar-refractivity contribution in [1.29, 1.82) is 0 Å². The van der Waals surface area contributed by atoms with Crippen LogP contribution in [0.3, 0.4) is 0 Å². The van der Waals surface area contributed by atoms with Gasteiger partial charge in [-0.3, -0.25) is 10.1 Å². The van der Waals surface area contributed by atoms with Gasteiger partial charge < -0.3 is 0 Å². The van der Waals surface area contributed by atoms with Crippen LogP contribution in [0.1, 0.15) is 39.0 Å². The zero-order chi connectivity index (χ0) is 15.5. The number of hydrogen-bond donors (Lipinski definition) is 0. The molecule has 1 aromatic heterocycles. The van der Waals surface area contributed by atoms with Gasteiger partial charge in [-0.1, -0.05) is 19.8 Å². The van der Waals surface area contributed by atoms with Gasteiger partial charge in [-0.25, -0.2) is 8.42 Å². The molecule has 1 aliphatic heterocycles. The van der Waals surface area contributed by atoms with Crippen molar-refractivity contribution in [3.63, 3.8) is 0 Å². The highest BCUT2D eigenvalue weighted by atomic mass is 32.2. The van der Waals surface area contributed by atoms with Crippen molar-refractivity contribution in [2.45, 2.75) is 43.2 Å². The molecule has 6 nitrogen and oxygen atoms in total. The molecule has 1 aliphatic rings. The van der Waals surface area contributed by atoms with Gasteiger partial charge in [0, 0.05) is 19.2 Å². The molecule has 0 radical (unpaired) electrons. The first-order valence-corrected chi connectivity index (χ1v) is 9.45. The summed E-state index contributed by atoms with van der Waals surface area (Å²) in [5.41, 5.74) is 0. The van der Waals surface area contributed by atoms with Crippen LogP contribution in [0.2, 0.25) is 0 Å². The first-order chi connectivity index (χ1) is 9.95. The molecular weight excluding hydrogens is 312 g/mol. The van der Waals surface area contributed by atoms with Gasteiger partial charge in [-0.05, 0) is 42.6 Å². The number of nitro groups is 1. The fourth-order valence-electron chi connectivity index (χ4n) is 2.75. The van der Waals surface area contributed by atoms with Crippen LogP contribution in [0.15, 0.2) is 16.3 Å². The molecule has 0 saturated carbocycles. The predicted molar refractivity (Wildman–Crippen MR) is 82.0 cm³/mol. The Morgan fingerprint density at radius 3 is 2.76 bits per heavy atom. The quantitative estimate of drug-likeness (QED) is 0.612. The smallest absolute Gasteiger partial charge is 0.258 e.